The number of likely N-dealkylation sites (tertiary alicyclic amines) is 1. The summed E-state index contributed by atoms with van der Waals surface area (Å²) >= 11 is 3.44. The number of alkyl carbamates (subject to hydrolysis) is 1. The summed E-state index contributed by atoms with van der Waals surface area (Å²) < 4.78 is 47.2. The zero-order valence-corrected chi connectivity index (χ0v) is 22.4. The number of nitrogens with zero attached hydrogens (tertiary/aromatic N) is 1. The topological polar surface area (TPSA) is 60.0 Å². The first kappa shape index (κ1) is 26.8. The summed E-state index contributed by atoms with van der Waals surface area (Å²) in [5.41, 5.74) is -0.592. The van der Waals surface area contributed by atoms with Crippen LogP contribution in [0.1, 0.15) is 51.7 Å². The molecule has 0 bridgehead atoms. The first-order valence-corrected chi connectivity index (χ1v) is 13.1. The number of benzene rings is 2. The maximum Gasteiger partial charge on any atom is 0.407 e. The monoisotopic (exact) mass is 566 g/mol. The van der Waals surface area contributed by atoms with E-state index in [1.54, 1.807) is 20.8 Å². The maximum atomic E-state index is 14.6. The lowest BCUT2D eigenvalue weighted by Crippen LogP contribution is -2.54. The molecule has 2 aliphatic heterocycles. The second-order valence-corrected chi connectivity index (χ2v) is 11.3. The number of hydrogen-bond acceptors (Lipinski definition) is 5. The van der Waals surface area contributed by atoms with Crippen LogP contribution in [0.5, 0.6) is 5.75 Å². The molecule has 0 saturated carbocycles. The van der Waals surface area contributed by atoms with E-state index in [1.807, 2.05) is 24.3 Å². The van der Waals surface area contributed by atoms with E-state index in [9.17, 15) is 13.6 Å². The number of carbonyl (C=O) groups excluding carboxylic acids is 1. The fourth-order valence-electron chi connectivity index (χ4n) is 4.77. The molecule has 0 aromatic heterocycles. The van der Waals surface area contributed by atoms with Crippen molar-refractivity contribution in [1.29, 1.82) is 0 Å². The highest BCUT2D eigenvalue weighted by molar-refractivity contribution is 9.10. The number of rotatable bonds is 5. The average molecular weight is 567 g/mol. The molecule has 6 nitrogen and oxygen atoms in total. The Bertz CT molecular complexity index is 1040. The molecule has 4 rings (SSSR count). The van der Waals surface area contributed by atoms with Gasteiger partial charge in [-0.05, 0) is 82.5 Å². The molecule has 196 valence electrons. The summed E-state index contributed by atoms with van der Waals surface area (Å²) in [6.45, 7) is 7.30. The van der Waals surface area contributed by atoms with Crippen LogP contribution < -0.4 is 10.1 Å². The van der Waals surface area contributed by atoms with E-state index in [4.69, 9.17) is 14.2 Å². The third-order valence-electron chi connectivity index (χ3n) is 6.44. The van der Waals surface area contributed by atoms with Gasteiger partial charge >= 0.3 is 6.09 Å². The molecule has 2 heterocycles. The highest BCUT2D eigenvalue weighted by Crippen LogP contribution is 2.34. The quantitative estimate of drug-likeness (QED) is 0.481. The highest BCUT2D eigenvalue weighted by Gasteiger charge is 2.39. The summed E-state index contributed by atoms with van der Waals surface area (Å²) in [5.74, 6) is -0.276. The van der Waals surface area contributed by atoms with Crippen LogP contribution in [-0.2, 0) is 9.47 Å². The molecule has 2 aromatic carbocycles. The molecule has 2 aromatic rings. The van der Waals surface area contributed by atoms with E-state index in [0.717, 1.165) is 54.4 Å². The zero-order valence-electron chi connectivity index (χ0n) is 20.8. The van der Waals surface area contributed by atoms with E-state index in [-0.39, 0.29) is 17.7 Å². The molecule has 2 aliphatic rings. The SMILES string of the molecule is CC(C)(C)OC(=O)N[C@H]1CC(N2CCC(Oc3ccc(Br)cc3)CC2)CO[C@@H]1c1cc(F)ccc1F. The lowest BCUT2D eigenvalue weighted by molar-refractivity contribution is -0.0693. The predicted molar refractivity (Wildman–Crippen MR) is 136 cm³/mol. The van der Waals surface area contributed by atoms with E-state index < -0.39 is 35.5 Å². The third-order valence-corrected chi connectivity index (χ3v) is 6.96. The number of amides is 1. The summed E-state index contributed by atoms with van der Waals surface area (Å²) in [6, 6.07) is 10.5. The van der Waals surface area contributed by atoms with Gasteiger partial charge in [0.05, 0.1) is 12.6 Å². The van der Waals surface area contributed by atoms with E-state index in [1.165, 1.54) is 0 Å². The summed E-state index contributed by atoms with van der Waals surface area (Å²) in [5, 5.41) is 2.86. The molecule has 36 heavy (non-hydrogen) atoms. The van der Waals surface area contributed by atoms with Crippen molar-refractivity contribution in [1.82, 2.24) is 10.2 Å². The van der Waals surface area contributed by atoms with Crippen molar-refractivity contribution in [2.45, 2.75) is 69.9 Å². The number of nitrogens with one attached hydrogen (secondary N) is 1. The van der Waals surface area contributed by atoms with Crippen LogP contribution >= 0.6 is 15.9 Å². The van der Waals surface area contributed by atoms with Gasteiger partial charge in [-0.1, -0.05) is 15.9 Å². The van der Waals surface area contributed by atoms with Crippen LogP contribution in [0.15, 0.2) is 46.9 Å². The van der Waals surface area contributed by atoms with Crippen LogP contribution in [0.4, 0.5) is 13.6 Å². The van der Waals surface area contributed by atoms with E-state index in [2.05, 4.69) is 26.1 Å². The second kappa shape index (κ2) is 11.4. The second-order valence-electron chi connectivity index (χ2n) is 10.4. The average Bonchev–Trinajstić information content (AvgIpc) is 2.81. The molecular weight excluding hydrogens is 534 g/mol. The number of carbonyl (C=O) groups is 1. The van der Waals surface area contributed by atoms with Crippen LogP contribution in [0, 0.1) is 11.6 Å². The molecule has 1 amide bonds. The Morgan fingerprint density at radius 3 is 2.47 bits per heavy atom. The van der Waals surface area contributed by atoms with Crippen molar-refractivity contribution in [3.8, 4) is 5.75 Å². The van der Waals surface area contributed by atoms with Gasteiger partial charge in [-0.2, -0.15) is 0 Å². The van der Waals surface area contributed by atoms with Gasteiger partial charge in [0.15, 0.2) is 0 Å². The number of ether oxygens (including phenoxy) is 3. The van der Waals surface area contributed by atoms with Crippen molar-refractivity contribution in [2.24, 2.45) is 0 Å². The van der Waals surface area contributed by atoms with Crippen molar-refractivity contribution in [3.05, 3.63) is 64.1 Å². The molecule has 0 radical (unpaired) electrons. The standard InChI is InChI=1S/C27H33BrF2N2O4/c1-27(2,3)36-26(33)31-24-15-19(16-34-25(24)22-14-18(29)6-9-23(22)30)32-12-10-21(11-13-32)35-20-7-4-17(28)5-8-20/h4-9,14,19,21,24-25H,10-13,15-16H2,1-3H3,(H,31,33)/t19?,24-,25+/m0/s1. The summed E-state index contributed by atoms with van der Waals surface area (Å²) in [7, 11) is 0. The fraction of sp³-hybridized carbons (Fsp3) is 0.519. The van der Waals surface area contributed by atoms with Crippen molar-refractivity contribution >= 4 is 22.0 Å². The van der Waals surface area contributed by atoms with Gasteiger partial charge in [-0.25, -0.2) is 13.6 Å². The molecule has 2 saturated heterocycles. The Balaban J connectivity index is 1.41. The van der Waals surface area contributed by atoms with Gasteiger partial charge < -0.3 is 19.5 Å². The van der Waals surface area contributed by atoms with Gasteiger partial charge in [0, 0.05) is 29.2 Å². The molecule has 9 heteroatoms. The van der Waals surface area contributed by atoms with Gasteiger partial charge in [0.25, 0.3) is 0 Å². The van der Waals surface area contributed by atoms with Gasteiger partial charge in [-0.3, -0.25) is 4.90 Å². The highest BCUT2D eigenvalue weighted by atomic mass is 79.9. The molecule has 3 atom stereocenters. The third kappa shape index (κ3) is 7.17. The fourth-order valence-corrected chi connectivity index (χ4v) is 5.03. The first-order chi connectivity index (χ1) is 17.1. The summed E-state index contributed by atoms with van der Waals surface area (Å²) in [4.78, 5) is 14.9. The lowest BCUT2D eigenvalue weighted by Gasteiger charge is -2.44. The number of hydrogen-bond donors (Lipinski definition) is 1. The minimum atomic E-state index is -0.817. The maximum absolute atomic E-state index is 14.6. The van der Waals surface area contributed by atoms with Crippen molar-refractivity contribution in [3.63, 3.8) is 0 Å². The molecule has 0 spiro atoms. The minimum Gasteiger partial charge on any atom is -0.490 e. The Morgan fingerprint density at radius 2 is 1.81 bits per heavy atom. The molecule has 1 unspecified atom stereocenters. The Morgan fingerprint density at radius 1 is 1.11 bits per heavy atom. The molecule has 0 aliphatic carbocycles. The van der Waals surface area contributed by atoms with Gasteiger partial charge in [0.2, 0.25) is 0 Å². The minimum absolute atomic E-state index is 0.0198. The van der Waals surface area contributed by atoms with Crippen LogP contribution in [0.2, 0.25) is 0 Å². The van der Waals surface area contributed by atoms with Crippen LogP contribution in [-0.4, -0.2) is 54.5 Å². The van der Waals surface area contributed by atoms with E-state index >= 15 is 0 Å². The molecule has 1 N–H and O–H groups in total. The van der Waals surface area contributed by atoms with Gasteiger partial charge in [-0.15, -0.1) is 0 Å². The lowest BCUT2D eigenvalue weighted by atomic mass is 9.91. The number of piperidine rings is 1. The largest absolute Gasteiger partial charge is 0.490 e. The Hall–Kier alpha value is -2.23. The number of halogens is 3. The first-order valence-electron chi connectivity index (χ1n) is 12.3. The molecular formula is C27H33BrF2N2O4. The molecule has 2 fully saturated rings. The van der Waals surface area contributed by atoms with Crippen molar-refractivity contribution in [2.75, 3.05) is 19.7 Å². The smallest absolute Gasteiger partial charge is 0.407 e. The predicted octanol–water partition coefficient (Wildman–Crippen LogP) is 5.99. The Labute approximate surface area is 219 Å². The summed E-state index contributed by atoms with van der Waals surface area (Å²) in [6.07, 6.45) is 0.940. The van der Waals surface area contributed by atoms with Crippen LogP contribution in [0.25, 0.3) is 0 Å². The van der Waals surface area contributed by atoms with Crippen molar-refractivity contribution < 1.29 is 27.8 Å². The zero-order chi connectivity index (χ0) is 25.9. The van der Waals surface area contributed by atoms with E-state index in [0.29, 0.717) is 13.0 Å². The normalized spacial score (nSPS) is 23.8. The van der Waals surface area contributed by atoms with Crippen LogP contribution in [0.3, 0.4) is 0 Å². The van der Waals surface area contributed by atoms with Gasteiger partial charge in [0.1, 0.15) is 35.2 Å². The Kier molecular flexibility index (Phi) is 8.52.